The summed E-state index contributed by atoms with van der Waals surface area (Å²) in [6, 6.07) is 16.2. The minimum atomic E-state index is -0.562. The summed E-state index contributed by atoms with van der Waals surface area (Å²) in [6.07, 6.45) is 1.99. The molecular weight excluding hydrogens is 404 g/mol. The van der Waals surface area contributed by atoms with E-state index in [0.717, 1.165) is 22.5 Å². The Bertz CT molecular complexity index is 1380. The van der Waals surface area contributed by atoms with Gasteiger partial charge in [0.2, 0.25) is 4.96 Å². The topological polar surface area (TPSA) is 117 Å². The minimum Gasteiger partial charge on any atom is -0.484 e. The molecule has 2 N–H and O–H groups in total. The monoisotopic (exact) mass is 420 g/mol. The second-order valence-electron chi connectivity index (χ2n) is 6.46. The van der Waals surface area contributed by atoms with Gasteiger partial charge >= 0.3 is 0 Å². The molecule has 4 aromatic rings. The molecule has 9 heteroatoms. The molecule has 1 amide bonds. The van der Waals surface area contributed by atoms with Gasteiger partial charge in [0.1, 0.15) is 11.4 Å². The number of aromatic nitrogens is 3. The van der Waals surface area contributed by atoms with Gasteiger partial charge in [0.25, 0.3) is 17.0 Å². The number of primary amides is 1. The average Bonchev–Trinajstić information content (AvgIpc) is 3.03. The van der Waals surface area contributed by atoms with Gasteiger partial charge in [-0.2, -0.15) is 14.6 Å². The van der Waals surface area contributed by atoms with Gasteiger partial charge in [-0.1, -0.05) is 53.8 Å². The Morgan fingerprint density at radius 3 is 2.53 bits per heavy atom. The maximum absolute atomic E-state index is 12.8. The Labute approximate surface area is 173 Å². The summed E-state index contributed by atoms with van der Waals surface area (Å²) in [5.74, 6) is -0.0720. The molecule has 0 spiro atoms. The maximum atomic E-state index is 12.8. The zero-order chi connectivity index (χ0) is 21.1. The average molecular weight is 420 g/mol. The Morgan fingerprint density at radius 2 is 1.83 bits per heavy atom. The normalized spacial score (nSPS) is 11.7. The van der Waals surface area contributed by atoms with Crippen molar-refractivity contribution in [1.29, 1.82) is 0 Å². The molecule has 2 aromatic heterocycles. The summed E-state index contributed by atoms with van der Waals surface area (Å²) >= 11 is 1.10. The van der Waals surface area contributed by atoms with E-state index in [1.54, 1.807) is 30.3 Å². The summed E-state index contributed by atoms with van der Waals surface area (Å²) in [6.45, 7) is -0.207. The van der Waals surface area contributed by atoms with E-state index < -0.39 is 11.5 Å². The highest BCUT2D eigenvalue weighted by Crippen LogP contribution is 2.12. The molecule has 2 aromatic carbocycles. The van der Waals surface area contributed by atoms with Crippen LogP contribution in [-0.2, 0) is 11.2 Å². The van der Waals surface area contributed by atoms with Crippen LogP contribution in [0.2, 0.25) is 0 Å². The summed E-state index contributed by atoms with van der Waals surface area (Å²) in [5, 5.41) is 4.24. The van der Waals surface area contributed by atoms with Gasteiger partial charge < -0.3 is 10.5 Å². The van der Waals surface area contributed by atoms with E-state index in [-0.39, 0.29) is 22.8 Å². The number of carbonyl (C=O) groups excluding carboxylic acids is 1. The molecule has 0 aliphatic carbocycles. The lowest BCUT2D eigenvalue weighted by Crippen LogP contribution is -2.28. The number of nitrogens with two attached hydrogens (primary N) is 1. The minimum absolute atomic E-state index is 0.207. The molecule has 0 aliphatic rings. The van der Waals surface area contributed by atoms with Crippen LogP contribution in [-0.4, -0.2) is 27.1 Å². The predicted octanol–water partition coefficient (Wildman–Crippen LogP) is 0.514. The summed E-state index contributed by atoms with van der Waals surface area (Å²) < 4.78 is 6.78. The van der Waals surface area contributed by atoms with Crippen LogP contribution in [0, 0.1) is 0 Å². The van der Waals surface area contributed by atoms with Crippen molar-refractivity contribution in [3.05, 3.63) is 96.7 Å². The van der Waals surface area contributed by atoms with Crippen LogP contribution >= 0.6 is 11.3 Å². The summed E-state index contributed by atoms with van der Waals surface area (Å²) in [7, 11) is 0. The Morgan fingerprint density at radius 1 is 1.10 bits per heavy atom. The number of hydrogen-bond acceptors (Lipinski definition) is 7. The molecule has 0 aliphatic heterocycles. The fourth-order valence-corrected chi connectivity index (χ4v) is 3.71. The first kappa shape index (κ1) is 19.5. The molecule has 0 saturated heterocycles. The van der Waals surface area contributed by atoms with Crippen LogP contribution < -0.4 is 26.1 Å². The van der Waals surface area contributed by atoms with Crippen LogP contribution in [0.3, 0.4) is 0 Å². The molecule has 0 atom stereocenters. The zero-order valence-corrected chi connectivity index (χ0v) is 16.5. The number of nitrogens with zero attached hydrogens (tertiary/aromatic N) is 3. The number of ether oxygens (including phenoxy) is 1. The van der Waals surface area contributed by atoms with Crippen molar-refractivity contribution >= 4 is 28.3 Å². The molecule has 2 heterocycles. The van der Waals surface area contributed by atoms with E-state index >= 15 is 0 Å². The molecule has 0 unspecified atom stereocenters. The second-order valence-corrected chi connectivity index (χ2v) is 7.47. The molecule has 4 rings (SSSR count). The van der Waals surface area contributed by atoms with Gasteiger partial charge in [-0.15, -0.1) is 0 Å². The summed E-state index contributed by atoms with van der Waals surface area (Å²) in [4.78, 5) is 40.1. The first-order valence-corrected chi connectivity index (χ1v) is 9.81. The SMILES string of the molecule is NC(=O)COc1ccc(/C=c2/sc3nc(=O)c(Cc4ccccc4)nn3c2=O)cc1. The fraction of sp³-hybridized carbons (Fsp3) is 0.0952. The van der Waals surface area contributed by atoms with Crippen LogP contribution in [0.25, 0.3) is 11.0 Å². The van der Waals surface area contributed by atoms with Crippen LogP contribution in [0.1, 0.15) is 16.8 Å². The van der Waals surface area contributed by atoms with E-state index in [2.05, 4.69) is 10.1 Å². The largest absolute Gasteiger partial charge is 0.484 e. The van der Waals surface area contributed by atoms with Crippen molar-refractivity contribution in [2.24, 2.45) is 5.73 Å². The predicted molar refractivity (Wildman–Crippen MR) is 113 cm³/mol. The number of benzene rings is 2. The number of rotatable bonds is 6. The first-order valence-electron chi connectivity index (χ1n) is 8.99. The van der Waals surface area contributed by atoms with Gasteiger partial charge in [0.05, 0.1) is 4.53 Å². The molecule has 30 heavy (non-hydrogen) atoms. The van der Waals surface area contributed by atoms with Gasteiger partial charge in [0.15, 0.2) is 6.61 Å². The lowest BCUT2D eigenvalue weighted by molar-refractivity contribution is -0.119. The van der Waals surface area contributed by atoms with Crippen molar-refractivity contribution in [2.75, 3.05) is 6.61 Å². The second kappa shape index (κ2) is 8.26. The number of amides is 1. The first-order chi connectivity index (χ1) is 14.5. The Kier molecular flexibility index (Phi) is 5.36. The van der Waals surface area contributed by atoms with Crippen LogP contribution in [0.5, 0.6) is 5.75 Å². The van der Waals surface area contributed by atoms with Crippen molar-refractivity contribution in [3.8, 4) is 5.75 Å². The molecule has 0 bridgehead atoms. The van der Waals surface area contributed by atoms with E-state index in [1.807, 2.05) is 30.3 Å². The Balaban J connectivity index is 1.67. The van der Waals surface area contributed by atoms with Crippen LogP contribution in [0.15, 0.2) is 64.2 Å². The van der Waals surface area contributed by atoms with Crippen LogP contribution in [0.4, 0.5) is 0 Å². The quantitative estimate of drug-likeness (QED) is 0.486. The van der Waals surface area contributed by atoms with E-state index in [4.69, 9.17) is 10.5 Å². The lowest BCUT2D eigenvalue weighted by Gasteiger charge is -2.03. The van der Waals surface area contributed by atoms with Crippen molar-refractivity contribution < 1.29 is 9.53 Å². The fourth-order valence-electron chi connectivity index (χ4n) is 2.81. The van der Waals surface area contributed by atoms with Gasteiger partial charge in [0, 0.05) is 6.42 Å². The van der Waals surface area contributed by atoms with E-state index in [1.165, 1.54) is 4.52 Å². The smallest absolute Gasteiger partial charge is 0.296 e. The molecule has 8 nitrogen and oxygen atoms in total. The third-order valence-corrected chi connectivity index (χ3v) is 5.18. The third kappa shape index (κ3) is 4.26. The highest BCUT2D eigenvalue weighted by molar-refractivity contribution is 7.15. The number of thiazole rings is 1. The maximum Gasteiger partial charge on any atom is 0.296 e. The molecule has 0 radical (unpaired) electrons. The summed E-state index contributed by atoms with van der Waals surface area (Å²) in [5.41, 5.74) is 6.15. The molecule has 150 valence electrons. The third-order valence-electron chi connectivity index (χ3n) is 4.22. The van der Waals surface area contributed by atoms with E-state index in [0.29, 0.717) is 16.7 Å². The lowest BCUT2D eigenvalue weighted by atomic mass is 10.1. The zero-order valence-electron chi connectivity index (χ0n) is 15.6. The highest BCUT2D eigenvalue weighted by Gasteiger charge is 2.11. The number of carbonyl (C=O) groups is 1. The molecule has 0 fully saturated rings. The molecule has 0 saturated carbocycles. The highest BCUT2D eigenvalue weighted by atomic mass is 32.1. The van der Waals surface area contributed by atoms with Gasteiger partial charge in [-0.25, -0.2) is 0 Å². The van der Waals surface area contributed by atoms with Crippen molar-refractivity contribution in [1.82, 2.24) is 14.6 Å². The molecular formula is C21H16N4O4S. The van der Waals surface area contributed by atoms with E-state index in [9.17, 15) is 14.4 Å². The van der Waals surface area contributed by atoms with Gasteiger partial charge in [-0.3, -0.25) is 14.4 Å². The van der Waals surface area contributed by atoms with Gasteiger partial charge in [-0.05, 0) is 29.3 Å². The number of hydrogen-bond donors (Lipinski definition) is 1. The van der Waals surface area contributed by atoms with Crippen molar-refractivity contribution in [3.63, 3.8) is 0 Å². The Hall–Kier alpha value is -3.85. The van der Waals surface area contributed by atoms with Crippen molar-refractivity contribution in [2.45, 2.75) is 6.42 Å². The number of fused-ring (bicyclic) bond motifs is 1. The standard InChI is InChI=1S/C21H16N4O4S/c22-18(26)12-29-15-8-6-14(7-9-15)11-17-20(28)25-21(30-17)23-19(27)16(24-25)10-13-4-2-1-3-5-13/h1-9,11H,10,12H2,(H2,22,26)/b17-11+.